The highest BCUT2D eigenvalue weighted by Crippen LogP contribution is 2.14. The average molecular weight is 251 g/mol. The van der Waals surface area contributed by atoms with Gasteiger partial charge in [-0.2, -0.15) is 0 Å². The minimum atomic E-state index is -0.513. The summed E-state index contributed by atoms with van der Waals surface area (Å²) in [6, 6.07) is 7.61. The molecule has 18 heavy (non-hydrogen) atoms. The van der Waals surface area contributed by atoms with E-state index < -0.39 is 6.10 Å². The molecule has 0 aliphatic rings. The highest BCUT2D eigenvalue weighted by molar-refractivity contribution is 5.80. The first-order valence-corrected chi connectivity index (χ1v) is 6.25. The summed E-state index contributed by atoms with van der Waals surface area (Å²) in [6.07, 6.45) is 0.966. The summed E-state index contributed by atoms with van der Waals surface area (Å²) < 4.78 is 5.55. The number of hydrogen-bond acceptors (Lipinski definition) is 3. The quantitative estimate of drug-likeness (QED) is 0.724. The number of nitrogens with one attached hydrogen (secondary N) is 1. The van der Waals surface area contributed by atoms with Crippen LogP contribution in [0, 0.1) is 6.92 Å². The Balaban J connectivity index is 2.35. The van der Waals surface area contributed by atoms with Crippen molar-refractivity contribution in [2.45, 2.75) is 32.8 Å². The van der Waals surface area contributed by atoms with E-state index in [0.717, 1.165) is 12.0 Å². The first-order chi connectivity index (χ1) is 8.63. The van der Waals surface area contributed by atoms with Crippen molar-refractivity contribution in [2.24, 2.45) is 0 Å². The third-order valence-electron chi connectivity index (χ3n) is 2.56. The second-order valence-corrected chi connectivity index (χ2v) is 4.30. The summed E-state index contributed by atoms with van der Waals surface area (Å²) in [4.78, 5) is 11.7. The van der Waals surface area contributed by atoms with E-state index in [9.17, 15) is 4.79 Å². The van der Waals surface area contributed by atoms with Gasteiger partial charge in [0.1, 0.15) is 5.75 Å². The van der Waals surface area contributed by atoms with Crippen LogP contribution in [0.3, 0.4) is 0 Å². The first kappa shape index (κ1) is 14.5. The highest BCUT2D eigenvalue weighted by Gasteiger charge is 2.13. The van der Waals surface area contributed by atoms with Gasteiger partial charge in [0.05, 0.1) is 0 Å². The summed E-state index contributed by atoms with van der Waals surface area (Å²) in [5.41, 5.74) is 1.10. The van der Waals surface area contributed by atoms with E-state index >= 15 is 0 Å². The molecular weight excluding hydrogens is 230 g/mol. The van der Waals surface area contributed by atoms with E-state index in [1.807, 2.05) is 31.2 Å². The molecule has 100 valence electrons. The summed E-state index contributed by atoms with van der Waals surface area (Å²) in [5.74, 6) is 0.572. The maximum absolute atomic E-state index is 11.7. The van der Waals surface area contributed by atoms with E-state index in [2.05, 4.69) is 5.32 Å². The van der Waals surface area contributed by atoms with Crippen LogP contribution in [-0.2, 0) is 4.79 Å². The average Bonchev–Trinajstić information content (AvgIpc) is 2.34. The number of amides is 1. The summed E-state index contributed by atoms with van der Waals surface area (Å²) in [5, 5.41) is 11.4. The van der Waals surface area contributed by atoms with Crippen LogP contribution < -0.4 is 10.1 Å². The molecule has 4 nitrogen and oxygen atoms in total. The van der Waals surface area contributed by atoms with Gasteiger partial charge in [0.15, 0.2) is 6.10 Å². The number of unbranched alkanes of at least 4 members (excludes halogenated alkanes) is 1. The van der Waals surface area contributed by atoms with E-state index in [4.69, 9.17) is 9.84 Å². The number of rotatable bonds is 7. The maximum atomic E-state index is 11.7. The Kier molecular flexibility index (Phi) is 6.22. The molecule has 1 rings (SSSR count). The second-order valence-electron chi connectivity index (χ2n) is 4.30. The molecule has 2 N–H and O–H groups in total. The second kappa shape index (κ2) is 7.71. The lowest BCUT2D eigenvalue weighted by molar-refractivity contribution is -0.127. The van der Waals surface area contributed by atoms with Crippen molar-refractivity contribution in [3.8, 4) is 5.75 Å². The fourth-order valence-corrected chi connectivity index (χ4v) is 1.54. The van der Waals surface area contributed by atoms with Crippen molar-refractivity contribution in [2.75, 3.05) is 13.2 Å². The van der Waals surface area contributed by atoms with Crippen LogP contribution in [0.4, 0.5) is 0 Å². The number of ether oxygens (including phenoxy) is 1. The van der Waals surface area contributed by atoms with Crippen LogP contribution in [0.15, 0.2) is 24.3 Å². The molecule has 0 radical (unpaired) electrons. The smallest absolute Gasteiger partial charge is 0.260 e. The molecular formula is C14H21NO3. The Morgan fingerprint density at radius 3 is 2.89 bits per heavy atom. The number of carbonyl (C=O) groups is 1. The predicted octanol–water partition coefficient (Wildman–Crippen LogP) is 1.65. The SMILES string of the molecule is Cc1cccc(OC(C)C(=O)NCCCCO)c1. The van der Waals surface area contributed by atoms with Crippen molar-refractivity contribution in [1.82, 2.24) is 5.32 Å². The fraction of sp³-hybridized carbons (Fsp3) is 0.500. The lowest BCUT2D eigenvalue weighted by Gasteiger charge is -2.14. The number of aliphatic hydroxyl groups excluding tert-OH is 1. The molecule has 0 fully saturated rings. The predicted molar refractivity (Wildman–Crippen MR) is 70.6 cm³/mol. The highest BCUT2D eigenvalue weighted by atomic mass is 16.5. The molecule has 1 aromatic carbocycles. The van der Waals surface area contributed by atoms with Crippen molar-refractivity contribution in [1.29, 1.82) is 0 Å². The van der Waals surface area contributed by atoms with Crippen LogP contribution in [0.25, 0.3) is 0 Å². The van der Waals surface area contributed by atoms with Gasteiger partial charge in [-0.15, -0.1) is 0 Å². The zero-order valence-electron chi connectivity index (χ0n) is 11.0. The minimum Gasteiger partial charge on any atom is -0.481 e. The zero-order chi connectivity index (χ0) is 13.4. The normalized spacial score (nSPS) is 11.9. The molecule has 0 saturated heterocycles. The van der Waals surface area contributed by atoms with Crippen LogP contribution in [0.5, 0.6) is 5.75 Å². The van der Waals surface area contributed by atoms with Crippen molar-refractivity contribution in [3.05, 3.63) is 29.8 Å². The number of aryl methyl sites for hydroxylation is 1. The zero-order valence-corrected chi connectivity index (χ0v) is 11.0. The summed E-state index contributed by atoms with van der Waals surface area (Å²) in [6.45, 7) is 4.43. The summed E-state index contributed by atoms with van der Waals surface area (Å²) >= 11 is 0. The van der Waals surface area contributed by atoms with E-state index in [1.165, 1.54) is 0 Å². The van der Waals surface area contributed by atoms with Gasteiger partial charge in [-0.3, -0.25) is 4.79 Å². The number of aliphatic hydroxyl groups is 1. The molecule has 0 bridgehead atoms. The monoisotopic (exact) mass is 251 g/mol. The third kappa shape index (κ3) is 5.19. The fourth-order valence-electron chi connectivity index (χ4n) is 1.54. The molecule has 0 aliphatic carbocycles. The minimum absolute atomic E-state index is 0.130. The Bertz CT molecular complexity index is 379. The lowest BCUT2D eigenvalue weighted by atomic mass is 10.2. The lowest BCUT2D eigenvalue weighted by Crippen LogP contribution is -2.36. The molecule has 1 aromatic rings. The van der Waals surface area contributed by atoms with Gasteiger partial charge in [-0.05, 0) is 44.4 Å². The van der Waals surface area contributed by atoms with E-state index in [1.54, 1.807) is 6.92 Å². The van der Waals surface area contributed by atoms with E-state index in [0.29, 0.717) is 18.7 Å². The topological polar surface area (TPSA) is 58.6 Å². The van der Waals surface area contributed by atoms with Crippen LogP contribution in [0.2, 0.25) is 0 Å². The van der Waals surface area contributed by atoms with Gasteiger partial charge >= 0.3 is 0 Å². The maximum Gasteiger partial charge on any atom is 0.260 e. The molecule has 0 spiro atoms. The number of benzene rings is 1. The number of hydrogen-bond donors (Lipinski definition) is 2. The Hall–Kier alpha value is -1.55. The Morgan fingerprint density at radius 1 is 1.44 bits per heavy atom. The molecule has 1 atom stereocenters. The van der Waals surface area contributed by atoms with E-state index in [-0.39, 0.29) is 12.5 Å². The van der Waals surface area contributed by atoms with Gasteiger partial charge < -0.3 is 15.2 Å². The van der Waals surface area contributed by atoms with Crippen LogP contribution in [-0.4, -0.2) is 30.3 Å². The molecule has 0 heterocycles. The molecule has 0 saturated carbocycles. The molecule has 4 heteroatoms. The van der Waals surface area contributed by atoms with Gasteiger partial charge in [0.2, 0.25) is 0 Å². The van der Waals surface area contributed by atoms with Crippen molar-refractivity contribution < 1.29 is 14.6 Å². The van der Waals surface area contributed by atoms with Gasteiger partial charge in [-0.25, -0.2) is 0 Å². The molecule has 0 aromatic heterocycles. The Morgan fingerprint density at radius 2 is 2.22 bits per heavy atom. The summed E-state index contributed by atoms with van der Waals surface area (Å²) in [7, 11) is 0. The standard InChI is InChI=1S/C14H21NO3/c1-11-6-5-7-13(10-11)18-12(2)14(17)15-8-3-4-9-16/h5-7,10,12,16H,3-4,8-9H2,1-2H3,(H,15,17). The van der Waals surface area contributed by atoms with Crippen molar-refractivity contribution >= 4 is 5.91 Å². The largest absolute Gasteiger partial charge is 0.481 e. The molecule has 0 aliphatic heterocycles. The van der Waals surface area contributed by atoms with Gasteiger partial charge in [0, 0.05) is 13.2 Å². The number of carbonyl (C=O) groups excluding carboxylic acids is 1. The van der Waals surface area contributed by atoms with Crippen LogP contribution >= 0.6 is 0 Å². The van der Waals surface area contributed by atoms with Crippen LogP contribution in [0.1, 0.15) is 25.3 Å². The molecule has 1 amide bonds. The molecule has 1 unspecified atom stereocenters. The Labute approximate surface area is 108 Å². The first-order valence-electron chi connectivity index (χ1n) is 6.25. The van der Waals surface area contributed by atoms with Gasteiger partial charge in [-0.1, -0.05) is 12.1 Å². The third-order valence-corrected chi connectivity index (χ3v) is 2.56. The van der Waals surface area contributed by atoms with Crippen molar-refractivity contribution in [3.63, 3.8) is 0 Å². The van der Waals surface area contributed by atoms with Gasteiger partial charge in [0.25, 0.3) is 5.91 Å².